The maximum Gasteiger partial charge on any atom is 0.0420 e. The van der Waals surface area contributed by atoms with Gasteiger partial charge in [-0.05, 0) is 89.1 Å². The van der Waals surface area contributed by atoms with Crippen LogP contribution in [0.15, 0.2) is 78.9 Å². The first-order valence-electron chi connectivity index (χ1n) is 12.3. The molecule has 170 valence electrons. The quantitative estimate of drug-likeness (QED) is 0.425. The summed E-state index contributed by atoms with van der Waals surface area (Å²) in [6.45, 7) is 11.6. The molecule has 2 unspecified atom stereocenters. The highest BCUT2D eigenvalue weighted by atomic mass is 14.8. The van der Waals surface area contributed by atoms with E-state index in [2.05, 4.69) is 126 Å². The fraction of sp³-hybridized carbons (Fsp3) is 0.312. The van der Waals surface area contributed by atoms with Crippen LogP contribution in [0.1, 0.15) is 61.4 Å². The number of hydrogen-bond donors (Lipinski definition) is 1. The Kier molecular flexibility index (Phi) is 6.61. The Morgan fingerprint density at radius 1 is 0.848 bits per heavy atom. The van der Waals surface area contributed by atoms with Gasteiger partial charge >= 0.3 is 0 Å². The summed E-state index contributed by atoms with van der Waals surface area (Å²) in [5.41, 5.74) is 11.9. The minimum Gasteiger partial charge on any atom is -0.388 e. The molecule has 0 heterocycles. The van der Waals surface area contributed by atoms with Gasteiger partial charge in [-0.15, -0.1) is 0 Å². The van der Waals surface area contributed by atoms with Gasteiger partial charge in [-0.25, -0.2) is 0 Å². The molecular formula is C32H37N. The van der Waals surface area contributed by atoms with Crippen LogP contribution in [-0.4, -0.2) is 7.05 Å². The van der Waals surface area contributed by atoms with Crippen LogP contribution in [0.4, 0.5) is 0 Å². The van der Waals surface area contributed by atoms with Gasteiger partial charge in [0.1, 0.15) is 0 Å². The van der Waals surface area contributed by atoms with Gasteiger partial charge in [0.25, 0.3) is 0 Å². The standard InChI is InChI=1S/C32H37N/c1-7-27-19-26(31-22(3)13-12-14-23(31)4)21-30(33-6)28-20-25(24-15-10-9-11-16-24)17-18-29(28)32(27,5)8-2/h9-21,27,33H,7-8H2,1-6H3/b26-19+,30-21-. The highest BCUT2D eigenvalue weighted by Crippen LogP contribution is 2.45. The Labute approximate surface area is 200 Å². The van der Waals surface area contributed by atoms with Crippen molar-refractivity contribution < 1.29 is 0 Å². The molecule has 0 spiro atoms. The zero-order valence-corrected chi connectivity index (χ0v) is 21.0. The van der Waals surface area contributed by atoms with Crippen molar-refractivity contribution in [2.45, 2.75) is 52.9 Å². The molecule has 33 heavy (non-hydrogen) atoms. The predicted molar refractivity (Wildman–Crippen MR) is 144 cm³/mol. The summed E-state index contributed by atoms with van der Waals surface area (Å²) < 4.78 is 0. The van der Waals surface area contributed by atoms with Crippen LogP contribution in [0.2, 0.25) is 0 Å². The Morgan fingerprint density at radius 2 is 1.55 bits per heavy atom. The molecule has 0 radical (unpaired) electrons. The molecule has 2 atom stereocenters. The van der Waals surface area contributed by atoms with E-state index >= 15 is 0 Å². The van der Waals surface area contributed by atoms with Gasteiger partial charge < -0.3 is 5.32 Å². The van der Waals surface area contributed by atoms with Gasteiger partial charge in [-0.3, -0.25) is 0 Å². The molecule has 3 aromatic rings. The highest BCUT2D eigenvalue weighted by molar-refractivity contribution is 5.88. The third-order valence-electron chi connectivity index (χ3n) is 7.74. The zero-order valence-electron chi connectivity index (χ0n) is 21.0. The van der Waals surface area contributed by atoms with E-state index in [1.54, 1.807) is 0 Å². The molecule has 0 saturated carbocycles. The zero-order chi connectivity index (χ0) is 23.6. The molecule has 0 aromatic heterocycles. The second kappa shape index (κ2) is 9.43. The molecule has 0 bridgehead atoms. The largest absolute Gasteiger partial charge is 0.388 e. The molecular weight excluding hydrogens is 398 g/mol. The number of nitrogens with one attached hydrogen (secondary N) is 1. The predicted octanol–water partition coefficient (Wildman–Crippen LogP) is 8.32. The van der Waals surface area contributed by atoms with Crippen molar-refractivity contribution in [1.82, 2.24) is 5.32 Å². The summed E-state index contributed by atoms with van der Waals surface area (Å²) in [6, 6.07) is 24.4. The Morgan fingerprint density at radius 3 is 2.15 bits per heavy atom. The molecule has 1 N–H and O–H groups in total. The smallest absolute Gasteiger partial charge is 0.0420 e. The minimum atomic E-state index is 0.0531. The van der Waals surface area contributed by atoms with Gasteiger partial charge in [0.05, 0.1) is 0 Å². The second-order valence-electron chi connectivity index (χ2n) is 9.61. The summed E-state index contributed by atoms with van der Waals surface area (Å²) in [4.78, 5) is 0. The lowest BCUT2D eigenvalue weighted by Gasteiger charge is -2.39. The molecule has 0 amide bonds. The van der Waals surface area contributed by atoms with Crippen LogP contribution in [0.3, 0.4) is 0 Å². The fourth-order valence-electron chi connectivity index (χ4n) is 5.61. The van der Waals surface area contributed by atoms with Crippen molar-refractivity contribution in [1.29, 1.82) is 0 Å². The normalized spacial score (nSPS) is 23.4. The number of allylic oxidation sites excluding steroid dienone is 3. The van der Waals surface area contributed by atoms with Crippen molar-refractivity contribution in [2.24, 2.45) is 5.92 Å². The minimum absolute atomic E-state index is 0.0531. The molecule has 1 nitrogen and oxygen atoms in total. The lowest BCUT2D eigenvalue weighted by atomic mass is 9.65. The number of fused-ring (bicyclic) bond motifs is 1. The number of rotatable bonds is 5. The third kappa shape index (κ3) is 4.17. The monoisotopic (exact) mass is 435 g/mol. The van der Waals surface area contributed by atoms with Crippen molar-refractivity contribution >= 4 is 11.3 Å². The van der Waals surface area contributed by atoms with Crippen LogP contribution in [0.5, 0.6) is 0 Å². The van der Waals surface area contributed by atoms with Crippen LogP contribution < -0.4 is 5.32 Å². The van der Waals surface area contributed by atoms with E-state index in [0.717, 1.165) is 12.8 Å². The van der Waals surface area contributed by atoms with E-state index in [1.807, 2.05) is 0 Å². The number of aryl methyl sites for hydroxylation is 2. The van der Waals surface area contributed by atoms with Gasteiger partial charge in [0, 0.05) is 18.3 Å². The first kappa shape index (κ1) is 23.1. The average molecular weight is 436 g/mol. The topological polar surface area (TPSA) is 12.0 Å². The molecule has 3 aromatic carbocycles. The summed E-state index contributed by atoms with van der Waals surface area (Å²) in [5.74, 6) is 0.451. The lowest BCUT2D eigenvalue weighted by molar-refractivity contribution is 0.327. The molecule has 1 aliphatic rings. The van der Waals surface area contributed by atoms with Gasteiger partial charge in [-0.2, -0.15) is 0 Å². The first-order chi connectivity index (χ1) is 15.9. The van der Waals surface area contributed by atoms with E-state index in [9.17, 15) is 0 Å². The van der Waals surface area contributed by atoms with E-state index < -0.39 is 0 Å². The molecule has 0 fully saturated rings. The summed E-state index contributed by atoms with van der Waals surface area (Å²) in [6.07, 6.45) is 7.13. The highest BCUT2D eigenvalue weighted by Gasteiger charge is 2.36. The lowest BCUT2D eigenvalue weighted by Crippen LogP contribution is -2.33. The maximum atomic E-state index is 3.56. The molecule has 0 aliphatic heterocycles. The molecule has 4 rings (SSSR count). The molecule has 0 saturated heterocycles. The molecule has 1 heteroatoms. The summed E-state index contributed by atoms with van der Waals surface area (Å²) in [5, 5.41) is 3.56. The maximum absolute atomic E-state index is 3.56. The first-order valence-corrected chi connectivity index (χ1v) is 12.3. The van der Waals surface area contributed by atoms with Crippen molar-refractivity contribution in [2.75, 3.05) is 7.05 Å². The Hall–Kier alpha value is -3.06. The van der Waals surface area contributed by atoms with Crippen LogP contribution in [0, 0.1) is 19.8 Å². The van der Waals surface area contributed by atoms with Crippen molar-refractivity contribution in [3.8, 4) is 11.1 Å². The SMILES string of the molecule is CCC1/C=C(c2c(C)cccc2C)\C=C(/NC)c2cc(-c3ccccc3)ccc2C1(C)CC. The number of hydrogen-bond acceptors (Lipinski definition) is 1. The second-order valence-corrected chi connectivity index (χ2v) is 9.61. The summed E-state index contributed by atoms with van der Waals surface area (Å²) in [7, 11) is 2.05. The van der Waals surface area contributed by atoms with Gasteiger partial charge in [0.15, 0.2) is 0 Å². The van der Waals surface area contributed by atoms with Gasteiger partial charge in [0.2, 0.25) is 0 Å². The van der Waals surface area contributed by atoms with Gasteiger partial charge in [-0.1, -0.05) is 87.5 Å². The van der Waals surface area contributed by atoms with Crippen LogP contribution >= 0.6 is 0 Å². The van der Waals surface area contributed by atoms with E-state index in [1.165, 1.54) is 50.2 Å². The van der Waals surface area contributed by atoms with Crippen LogP contribution in [0.25, 0.3) is 22.4 Å². The number of benzene rings is 3. The average Bonchev–Trinajstić information content (AvgIpc) is 2.84. The van der Waals surface area contributed by atoms with Crippen LogP contribution in [-0.2, 0) is 5.41 Å². The Balaban J connectivity index is 2.02. The van der Waals surface area contributed by atoms with Crippen molar-refractivity contribution in [3.63, 3.8) is 0 Å². The van der Waals surface area contributed by atoms with E-state index in [4.69, 9.17) is 0 Å². The van der Waals surface area contributed by atoms with E-state index in [-0.39, 0.29) is 5.41 Å². The van der Waals surface area contributed by atoms with Crippen molar-refractivity contribution in [3.05, 3.63) is 107 Å². The summed E-state index contributed by atoms with van der Waals surface area (Å²) >= 11 is 0. The Bertz CT molecular complexity index is 1180. The third-order valence-corrected chi connectivity index (χ3v) is 7.74. The van der Waals surface area contributed by atoms with E-state index in [0.29, 0.717) is 5.92 Å². The molecule has 1 aliphatic carbocycles. The fourth-order valence-corrected chi connectivity index (χ4v) is 5.61.